The third-order valence-corrected chi connectivity index (χ3v) is 5.50. The standard InChI is InChI=1S/C27H39FN4/c1-6-10-23-12-11-22(19-26(23)30-13-7-2)20-31-25(9-4)27(24(28)18-21(5)8-3)32-16-14-29-15-17-32/h7,9-13,18-19,29,31H,6,8,14-17,20H2,1-5H3/b13-7-,21-18+,23-10+,25-9+,27-24-,30-26+. The number of allylic oxidation sites excluding steroid dienone is 9. The van der Waals surface area contributed by atoms with E-state index < -0.39 is 0 Å². The lowest BCUT2D eigenvalue weighted by Gasteiger charge is -2.33. The smallest absolute Gasteiger partial charge is 0.148 e. The number of piperazine rings is 1. The molecular formula is C27H39FN4. The molecule has 2 N–H and O–H groups in total. The molecule has 0 aromatic heterocycles. The zero-order valence-corrected chi connectivity index (χ0v) is 20.3. The van der Waals surface area contributed by atoms with Gasteiger partial charge in [0.2, 0.25) is 0 Å². The maximum atomic E-state index is 15.4. The lowest BCUT2D eigenvalue weighted by atomic mass is 9.99. The van der Waals surface area contributed by atoms with Crippen molar-refractivity contribution in [3.05, 3.63) is 82.7 Å². The van der Waals surface area contributed by atoms with Gasteiger partial charge in [-0.2, -0.15) is 0 Å². The van der Waals surface area contributed by atoms with Gasteiger partial charge in [0.15, 0.2) is 0 Å². The predicted molar refractivity (Wildman–Crippen MR) is 136 cm³/mol. The summed E-state index contributed by atoms with van der Waals surface area (Å²) in [7, 11) is 0. The second kappa shape index (κ2) is 13.7. The largest absolute Gasteiger partial charge is 0.379 e. The number of hydrogen-bond acceptors (Lipinski definition) is 4. The van der Waals surface area contributed by atoms with Gasteiger partial charge >= 0.3 is 0 Å². The fourth-order valence-electron chi connectivity index (χ4n) is 3.60. The second-order valence-electron chi connectivity index (χ2n) is 7.95. The Morgan fingerprint density at radius 3 is 2.59 bits per heavy atom. The number of nitrogens with zero attached hydrogens (tertiary/aromatic N) is 2. The quantitative estimate of drug-likeness (QED) is 0.452. The summed E-state index contributed by atoms with van der Waals surface area (Å²) >= 11 is 0. The Hall–Kier alpha value is -2.66. The van der Waals surface area contributed by atoms with Crippen LogP contribution in [0.4, 0.5) is 4.39 Å². The van der Waals surface area contributed by atoms with E-state index in [0.717, 1.165) is 67.1 Å². The van der Waals surface area contributed by atoms with Gasteiger partial charge in [0.05, 0.1) is 17.1 Å². The summed E-state index contributed by atoms with van der Waals surface area (Å²) in [6, 6.07) is 0. The third kappa shape index (κ3) is 7.49. The van der Waals surface area contributed by atoms with Crippen LogP contribution >= 0.6 is 0 Å². The van der Waals surface area contributed by atoms with Crippen molar-refractivity contribution in [3.63, 3.8) is 0 Å². The first kappa shape index (κ1) is 25.6. The van der Waals surface area contributed by atoms with Gasteiger partial charge in [-0.15, -0.1) is 0 Å². The van der Waals surface area contributed by atoms with Crippen LogP contribution in [0.2, 0.25) is 0 Å². The highest BCUT2D eigenvalue weighted by atomic mass is 19.1. The molecule has 0 saturated carbocycles. The van der Waals surface area contributed by atoms with Crippen LogP contribution in [0.15, 0.2) is 87.7 Å². The number of nitrogens with one attached hydrogen (secondary N) is 2. The van der Waals surface area contributed by atoms with Crippen LogP contribution in [-0.4, -0.2) is 43.3 Å². The maximum Gasteiger partial charge on any atom is 0.148 e. The van der Waals surface area contributed by atoms with E-state index in [-0.39, 0.29) is 5.83 Å². The van der Waals surface area contributed by atoms with Crippen LogP contribution in [0.1, 0.15) is 47.5 Å². The molecule has 1 fully saturated rings. The zero-order chi connectivity index (χ0) is 23.3. The van der Waals surface area contributed by atoms with E-state index in [4.69, 9.17) is 0 Å². The average Bonchev–Trinajstić information content (AvgIpc) is 2.81. The van der Waals surface area contributed by atoms with Crippen molar-refractivity contribution < 1.29 is 4.39 Å². The van der Waals surface area contributed by atoms with Crippen LogP contribution in [0.3, 0.4) is 0 Å². The highest BCUT2D eigenvalue weighted by molar-refractivity contribution is 6.12. The van der Waals surface area contributed by atoms with E-state index in [1.807, 2.05) is 39.1 Å². The Bertz CT molecular complexity index is 875. The predicted octanol–water partition coefficient (Wildman–Crippen LogP) is 5.73. The van der Waals surface area contributed by atoms with Crippen molar-refractivity contribution in [2.75, 3.05) is 32.7 Å². The molecule has 1 aliphatic heterocycles. The monoisotopic (exact) mass is 438 g/mol. The SMILES string of the molecule is C\C=C/N=C1\C=C(CNC(=C/C)/C(=C(F)\C=C(/C)CC)N2CCNCC2)C=C\C1=C/CC. The lowest BCUT2D eigenvalue weighted by molar-refractivity contribution is 0.293. The van der Waals surface area contributed by atoms with Gasteiger partial charge < -0.3 is 15.5 Å². The van der Waals surface area contributed by atoms with Gasteiger partial charge in [-0.25, -0.2) is 4.39 Å². The van der Waals surface area contributed by atoms with Gasteiger partial charge in [-0.05, 0) is 56.9 Å². The first-order valence-corrected chi connectivity index (χ1v) is 11.7. The molecule has 32 heavy (non-hydrogen) atoms. The summed E-state index contributed by atoms with van der Waals surface area (Å²) in [6.07, 6.45) is 17.7. The molecule has 2 aliphatic rings. The molecule has 4 nitrogen and oxygen atoms in total. The Kier molecular flexibility index (Phi) is 10.9. The molecule has 0 spiro atoms. The average molecular weight is 439 g/mol. The molecule has 5 heteroatoms. The van der Waals surface area contributed by atoms with Crippen LogP contribution in [0, 0.1) is 0 Å². The van der Waals surface area contributed by atoms with Gasteiger partial charge in [0.1, 0.15) is 5.83 Å². The summed E-state index contributed by atoms with van der Waals surface area (Å²) in [5.74, 6) is -0.177. The fraction of sp³-hybridized carbons (Fsp3) is 0.444. The van der Waals surface area contributed by atoms with Crippen molar-refractivity contribution >= 4 is 5.71 Å². The summed E-state index contributed by atoms with van der Waals surface area (Å²) in [4.78, 5) is 6.72. The molecule has 0 aromatic rings. The highest BCUT2D eigenvalue weighted by Crippen LogP contribution is 2.23. The molecule has 1 saturated heterocycles. The van der Waals surface area contributed by atoms with Crippen molar-refractivity contribution in [2.24, 2.45) is 4.99 Å². The van der Waals surface area contributed by atoms with E-state index in [9.17, 15) is 0 Å². The number of hydrogen-bond donors (Lipinski definition) is 2. The van der Waals surface area contributed by atoms with Crippen LogP contribution in [-0.2, 0) is 0 Å². The number of halogens is 1. The Balaban J connectivity index is 2.28. The minimum Gasteiger partial charge on any atom is -0.379 e. The van der Waals surface area contributed by atoms with Gasteiger partial charge in [-0.3, -0.25) is 4.99 Å². The Labute approximate surface area is 193 Å². The maximum absolute atomic E-state index is 15.4. The Morgan fingerprint density at radius 2 is 1.97 bits per heavy atom. The molecule has 0 bridgehead atoms. The van der Waals surface area contributed by atoms with Gasteiger partial charge in [0, 0.05) is 38.9 Å². The van der Waals surface area contributed by atoms with E-state index >= 15 is 4.39 Å². The molecule has 0 amide bonds. The van der Waals surface area contributed by atoms with Crippen LogP contribution in [0.5, 0.6) is 0 Å². The molecular weight excluding hydrogens is 399 g/mol. The Morgan fingerprint density at radius 1 is 1.22 bits per heavy atom. The molecule has 2 rings (SSSR count). The summed E-state index contributed by atoms with van der Waals surface area (Å²) in [5.41, 5.74) is 5.70. The van der Waals surface area contributed by atoms with Crippen molar-refractivity contribution in [2.45, 2.75) is 47.5 Å². The topological polar surface area (TPSA) is 39.7 Å². The molecule has 1 aliphatic carbocycles. The summed E-state index contributed by atoms with van der Waals surface area (Å²) in [6.45, 7) is 14.0. The van der Waals surface area contributed by atoms with E-state index in [1.54, 1.807) is 6.08 Å². The fourth-order valence-corrected chi connectivity index (χ4v) is 3.60. The minimum atomic E-state index is -0.177. The summed E-state index contributed by atoms with van der Waals surface area (Å²) < 4.78 is 15.4. The third-order valence-electron chi connectivity index (χ3n) is 5.50. The highest BCUT2D eigenvalue weighted by Gasteiger charge is 2.20. The van der Waals surface area contributed by atoms with E-state index in [0.29, 0.717) is 12.2 Å². The number of rotatable bonds is 9. The molecule has 0 radical (unpaired) electrons. The van der Waals surface area contributed by atoms with Gasteiger partial charge in [0.25, 0.3) is 0 Å². The molecule has 0 aromatic carbocycles. The van der Waals surface area contributed by atoms with Crippen LogP contribution in [0.25, 0.3) is 0 Å². The molecule has 0 atom stereocenters. The van der Waals surface area contributed by atoms with Crippen molar-refractivity contribution in [1.82, 2.24) is 15.5 Å². The van der Waals surface area contributed by atoms with E-state index in [1.165, 1.54) is 0 Å². The molecule has 1 heterocycles. The normalized spacial score (nSPS) is 21.4. The van der Waals surface area contributed by atoms with Gasteiger partial charge in [-0.1, -0.05) is 49.8 Å². The van der Waals surface area contributed by atoms with Crippen LogP contribution < -0.4 is 10.6 Å². The second-order valence-corrected chi connectivity index (χ2v) is 7.95. The molecule has 0 unspecified atom stereocenters. The zero-order valence-electron chi connectivity index (χ0n) is 20.3. The summed E-state index contributed by atoms with van der Waals surface area (Å²) in [5, 5.41) is 6.84. The van der Waals surface area contributed by atoms with Crippen molar-refractivity contribution in [3.8, 4) is 0 Å². The van der Waals surface area contributed by atoms with E-state index in [2.05, 4.69) is 58.7 Å². The van der Waals surface area contributed by atoms with Crippen molar-refractivity contribution in [1.29, 1.82) is 0 Å². The number of aliphatic imine (C=N–C) groups is 1. The first-order valence-electron chi connectivity index (χ1n) is 11.7. The first-order chi connectivity index (χ1) is 15.5. The molecule has 174 valence electrons. The lowest BCUT2D eigenvalue weighted by Crippen LogP contribution is -2.44. The minimum absolute atomic E-state index is 0.177.